The minimum absolute atomic E-state index is 0.182. The number of anilines is 4. The number of carboxylic acid groups (broad SMARTS) is 1. The van der Waals surface area contributed by atoms with Crippen molar-refractivity contribution in [1.29, 1.82) is 0 Å². The van der Waals surface area contributed by atoms with Crippen molar-refractivity contribution in [2.75, 3.05) is 61.1 Å². The first-order chi connectivity index (χ1) is 17.3. The molecule has 36 heavy (non-hydrogen) atoms. The topological polar surface area (TPSA) is 94.1 Å². The van der Waals surface area contributed by atoms with Gasteiger partial charge in [-0.3, -0.25) is 4.98 Å². The number of nitrogens with zero attached hydrogens (tertiary/aromatic N) is 5. The number of amides is 1. The van der Waals surface area contributed by atoms with Crippen molar-refractivity contribution in [1.82, 2.24) is 14.9 Å². The molecule has 4 heterocycles. The summed E-state index contributed by atoms with van der Waals surface area (Å²) >= 11 is 0. The summed E-state index contributed by atoms with van der Waals surface area (Å²) in [5.74, 6) is -0.867. The Morgan fingerprint density at radius 1 is 1.11 bits per heavy atom. The number of benzene rings is 1. The third-order valence-electron chi connectivity index (χ3n) is 6.76. The molecule has 2 aliphatic heterocycles. The van der Waals surface area contributed by atoms with Crippen LogP contribution in [0.15, 0.2) is 30.6 Å². The maximum atomic E-state index is 15.1. The molecule has 2 aromatic heterocycles. The highest BCUT2D eigenvalue weighted by atomic mass is 19.1. The molecule has 190 valence electrons. The van der Waals surface area contributed by atoms with Gasteiger partial charge < -0.3 is 29.9 Å². The summed E-state index contributed by atoms with van der Waals surface area (Å²) in [6, 6.07) is 3.75. The maximum absolute atomic E-state index is 15.1. The van der Waals surface area contributed by atoms with Gasteiger partial charge in [0.2, 0.25) is 0 Å². The van der Waals surface area contributed by atoms with E-state index in [9.17, 15) is 14.3 Å². The van der Waals surface area contributed by atoms with E-state index in [-0.39, 0.29) is 16.9 Å². The highest BCUT2D eigenvalue weighted by molar-refractivity contribution is 5.97. The van der Waals surface area contributed by atoms with Crippen LogP contribution in [0.1, 0.15) is 12.5 Å². The van der Waals surface area contributed by atoms with Gasteiger partial charge in [0, 0.05) is 56.5 Å². The second kappa shape index (κ2) is 9.73. The molecule has 5 rings (SSSR count). The molecule has 11 heteroatoms. The summed E-state index contributed by atoms with van der Waals surface area (Å²) in [6.45, 7) is 7.58. The molecule has 9 nitrogen and oxygen atoms in total. The lowest BCUT2D eigenvalue weighted by Crippen LogP contribution is -2.54. The second-order valence-electron chi connectivity index (χ2n) is 9.14. The van der Waals surface area contributed by atoms with E-state index in [0.717, 1.165) is 24.8 Å². The molecular weight excluding hydrogens is 470 g/mol. The number of rotatable bonds is 4. The van der Waals surface area contributed by atoms with Crippen LogP contribution >= 0.6 is 0 Å². The van der Waals surface area contributed by atoms with Gasteiger partial charge in [-0.1, -0.05) is 0 Å². The van der Waals surface area contributed by atoms with E-state index in [1.807, 2.05) is 24.8 Å². The van der Waals surface area contributed by atoms with Crippen LogP contribution in [0.2, 0.25) is 0 Å². The van der Waals surface area contributed by atoms with Crippen LogP contribution in [0.4, 0.5) is 36.5 Å². The lowest BCUT2D eigenvalue weighted by atomic mass is 10.1. The van der Waals surface area contributed by atoms with Gasteiger partial charge in [-0.2, -0.15) is 0 Å². The zero-order valence-corrected chi connectivity index (χ0v) is 20.2. The minimum Gasteiger partial charge on any atom is -0.465 e. The van der Waals surface area contributed by atoms with E-state index in [1.165, 1.54) is 11.0 Å². The summed E-state index contributed by atoms with van der Waals surface area (Å²) in [5.41, 5.74) is 2.92. The summed E-state index contributed by atoms with van der Waals surface area (Å²) in [6.07, 6.45) is 2.47. The molecule has 1 aromatic carbocycles. The number of halogens is 2. The average molecular weight is 499 g/mol. The molecule has 0 radical (unpaired) electrons. The van der Waals surface area contributed by atoms with Gasteiger partial charge >= 0.3 is 6.09 Å². The van der Waals surface area contributed by atoms with Crippen molar-refractivity contribution in [2.24, 2.45) is 0 Å². The van der Waals surface area contributed by atoms with Crippen LogP contribution < -0.4 is 15.1 Å². The van der Waals surface area contributed by atoms with E-state index in [1.54, 1.807) is 12.4 Å². The van der Waals surface area contributed by atoms with Gasteiger partial charge in [-0.05, 0) is 19.9 Å². The van der Waals surface area contributed by atoms with Gasteiger partial charge in [0.15, 0.2) is 0 Å². The summed E-state index contributed by atoms with van der Waals surface area (Å²) < 4.78 is 34.7. The number of piperazine rings is 1. The van der Waals surface area contributed by atoms with E-state index in [4.69, 9.17) is 4.74 Å². The fourth-order valence-corrected chi connectivity index (χ4v) is 4.93. The normalized spacial score (nSPS) is 18.6. The molecular formula is C25H28F2N6O3. The molecule has 1 atom stereocenters. The largest absolute Gasteiger partial charge is 0.465 e. The summed E-state index contributed by atoms with van der Waals surface area (Å²) in [7, 11) is 0. The van der Waals surface area contributed by atoms with Gasteiger partial charge in [0.1, 0.15) is 17.5 Å². The SMILES string of the molecule is Cc1c(N2CCN(C(=O)O)C(C)C2)nc2cc(F)cc(F)c2c1Nc1cncc(N2CCOCC2)c1. The first-order valence-corrected chi connectivity index (χ1v) is 11.9. The molecule has 1 unspecified atom stereocenters. The van der Waals surface area contributed by atoms with E-state index in [0.29, 0.717) is 55.6 Å². The Bertz CT molecular complexity index is 1300. The summed E-state index contributed by atoms with van der Waals surface area (Å²) in [5, 5.41) is 12.9. The first-order valence-electron chi connectivity index (χ1n) is 11.9. The van der Waals surface area contributed by atoms with Crippen LogP contribution in [-0.2, 0) is 4.74 Å². The van der Waals surface area contributed by atoms with Crippen LogP contribution in [0.25, 0.3) is 10.9 Å². The maximum Gasteiger partial charge on any atom is 0.407 e. The van der Waals surface area contributed by atoms with Crippen molar-refractivity contribution in [3.63, 3.8) is 0 Å². The number of hydrogen-bond donors (Lipinski definition) is 2. The molecule has 2 saturated heterocycles. The smallest absolute Gasteiger partial charge is 0.407 e. The number of hydrogen-bond acceptors (Lipinski definition) is 7. The zero-order chi connectivity index (χ0) is 25.4. The van der Waals surface area contributed by atoms with E-state index in [2.05, 4.69) is 20.2 Å². The van der Waals surface area contributed by atoms with Crippen molar-refractivity contribution in [3.8, 4) is 0 Å². The molecule has 0 aliphatic carbocycles. The zero-order valence-electron chi connectivity index (χ0n) is 20.2. The molecule has 3 aromatic rings. The lowest BCUT2D eigenvalue weighted by molar-refractivity contribution is 0.122. The van der Waals surface area contributed by atoms with Crippen molar-refractivity contribution >= 4 is 39.9 Å². The second-order valence-corrected chi connectivity index (χ2v) is 9.14. The van der Waals surface area contributed by atoms with Crippen LogP contribution in [0.5, 0.6) is 0 Å². The molecule has 0 bridgehead atoms. The predicted molar refractivity (Wildman–Crippen MR) is 133 cm³/mol. The van der Waals surface area contributed by atoms with Crippen molar-refractivity contribution in [2.45, 2.75) is 19.9 Å². The third kappa shape index (κ3) is 4.58. The van der Waals surface area contributed by atoms with Gasteiger partial charge in [0.05, 0.1) is 53.6 Å². The highest BCUT2D eigenvalue weighted by Gasteiger charge is 2.30. The Labute approximate surface area is 207 Å². The first kappa shape index (κ1) is 24.0. The third-order valence-corrected chi connectivity index (χ3v) is 6.76. The number of nitrogens with one attached hydrogen (secondary N) is 1. The molecule has 2 aliphatic rings. The molecule has 1 amide bonds. The molecule has 2 fully saturated rings. The van der Waals surface area contributed by atoms with Gasteiger partial charge in [-0.25, -0.2) is 18.6 Å². The van der Waals surface area contributed by atoms with E-state index >= 15 is 4.39 Å². The van der Waals surface area contributed by atoms with Crippen molar-refractivity contribution < 1.29 is 23.4 Å². The Kier molecular flexibility index (Phi) is 6.48. The predicted octanol–water partition coefficient (Wildman–Crippen LogP) is 3.99. The highest BCUT2D eigenvalue weighted by Crippen LogP contribution is 2.37. The molecule has 2 N–H and O–H groups in total. The van der Waals surface area contributed by atoms with Crippen LogP contribution in [0.3, 0.4) is 0 Å². The summed E-state index contributed by atoms with van der Waals surface area (Å²) in [4.78, 5) is 26.0. The standard InChI is InChI=1S/C25H28F2N6O3/c1-15-14-32(3-4-33(15)25(34)35)24-16(2)23(22-20(27)9-17(26)10-21(22)30-24)29-18-11-19(13-28-12-18)31-5-7-36-8-6-31/h9-13,15H,3-8,14H2,1-2H3,(H,29,30)(H,34,35). The minimum atomic E-state index is -0.968. The van der Waals surface area contributed by atoms with Crippen LogP contribution in [-0.4, -0.2) is 78.0 Å². The fourth-order valence-electron chi connectivity index (χ4n) is 4.93. The number of pyridine rings is 2. The Morgan fingerprint density at radius 2 is 1.89 bits per heavy atom. The molecule has 0 spiro atoms. The number of fused-ring (bicyclic) bond motifs is 1. The van der Waals surface area contributed by atoms with E-state index < -0.39 is 17.7 Å². The fraction of sp³-hybridized carbons (Fsp3) is 0.400. The number of carbonyl (C=O) groups is 1. The quantitative estimate of drug-likeness (QED) is 0.558. The van der Waals surface area contributed by atoms with Crippen molar-refractivity contribution in [3.05, 3.63) is 47.8 Å². The van der Waals surface area contributed by atoms with Gasteiger partial charge in [0.25, 0.3) is 0 Å². The Balaban J connectivity index is 1.55. The lowest BCUT2D eigenvalue weighted by Gasteiger charge is -2.39. The molecule has 0 saturated carbocycles. The monoisotopic (exact) mass is 498 g/mol. The average Bonchev–Trinajstić information content (AvgIpc) is 2.86. The van der Waals surface area contributed by atoms with Crippen LogP contribution in [0, 0.1) is 18.6 Å². The number of ether oxygens (including phenoxy) is 1. The Hall–Kier alpha value is -3.73. The van der Waals surface area contributed by atoms with Gasteiger partial charge in [-0.15, -0.1) is 0 Å². The Morgan fingerprint density at radius 3 is 2.61 bits per heavy atom. The number of morpholine rings is 1. The number of aromatic nitrogens is 2.